The molecule has 126 valence electrons. The average molecular weight is 348 g/mol. The number of aryl methyl sites for hydroxylation is 1. The fourth-order valence-electron chi connectivity index (χ4n) is 1.99. The van der Waals surface area contributed by atoms with Crippen molar-refractivity contribution in [1.82, 2.24) is 5.43 Å². The van der Waals surface area contributed by atoms with E-state index in [9.17, 15) is 4.79 Å². The molecule has 2 aromatic carbocycles. The second-order valence-corrected chi connectivity index (χ2v) is 5.27. The van der Waals surface area contributed by atoms with E-state index >= 15 is 0 Å². The van der Waals surface area contributed by atoms with Crippen LogP contribution >= 0.6 is 11.6 Å². The van der Waals surface area contributed by atoms with Gasteiger partial charge < -0.3 is 14.8 Å². The number of hydrazone groups is 1. The number of para-hydroxylation sites is 1. The molecule has 0 unspecified atom stereocenters. The van der Waals surface area contributed by atoms with Crippen LogP contribution in [-0.2, 0) is 0 Å². The Morgan fingerprint density at radius 1 is 1.17 bits per heavy atom. The van der Waals surface area contributed by atoms with Crippen molar-refractivity contribution in [2.45, 2.75) is 6.92 Å². The van der Waals surface area contributed by atoms with E-state index in [1.54, 1.807) is 12.1 Å². The second kappa shape index (κ2) is 8.21. The molecule has 0 fully saturated rings. The first-order valence-electron chi connectivity index (χ1n) is 7.12. The van der Waals surface area contributed by atoms with E-state index in [2.05, 4.69) is 15.8 Å². The third-order valence-corrected chi connectivity index (χ3v) is 3.59. The maximum Gasteiger partial charge on any atom is 0.339 e. The van der Waals surface area contributed by atoms with Gasteiger partial charge in [-0.05, 0) is 24.6 Å². The summed E-state index contributed by atoms with van der Waals surface area (Å²) < 4.78 is 10.4. The Morgan fingerprint density at radius 3 is 2.50 bits per heavy atom. The highest BCUT2D eigenvalue weighted by Crippen LogP contribution is 2.32. The van der Waals surface area contributed by atoms with Gasteiger partial charge in [0.25, 0.3) is 0 Å². The lowest BCUT2D eigenvalue weighted by molar-refractivity contribution is 0.252. The van der Waals surface area contributed by atoms with Crippen molar-refractivity contribution in [2.75, 3.05) is 19.5 Å². The van der Waals surface area contributed by atoms with Gasteiger partial charge in [0.05, 0.1) is 25.5 Å². The summed E-state index contributed by atoms with van der Waals surface area (Å²) in [6.45, 7) is 1.91. The number of carbonyl (C=O) groups is 1. The van der Waals surface area contributed by atoms with Gasteiger partial charge in [-0.25, -0.2) is 10.2 Å². The number of methoxy groups -OCH3 is 2. The molecule has 0 aliphatic rings. The number of nitrogens with zero attached hydrogens (tertiary/aromatic N) is 1. The molecule has 0 bridgehead atoms. The normalized spacial score (nSPS) is 10.5. The number of ether oxygens (including phenoxy) is 2. The quantitative estimate of drug-likeness (QED) is 0.638. The predicted molar refractivity (Wildman–Crippen MR) is 95.5 cm³/mol. The zero-order chi connectivity index (χ0) is 17.5. The third-order valence-electron chi connectivity index (χ3n) is 3.27. The van der Waals surface area contributed by atoms with Crippen LogP contribution in [-0.4, -0.2) is 26.5 Å². The third kappa shape index (κ3) is 4.39. The molecule has 2 rings (SSSR count). The van der Waals surface area contributed by atoms with Crippen LogP contribution in [0.1, 0.15) is 11.1 Å². The molecular formula is C17H18ClN3O3. The lowest BCUT2D eigenvalue weighted by Gasteiger charge is -2.09. The number of halogens is 1. The van der Waals surface area contributed by atoms with Crippen LogP contribution in [0.15, 0.2) is 41.5 Å². The molecule has 0 atom stereocenters. The summed E-state index contributed by atoms with van der Waals surface area (Å²) in [5.74, 6) is 1.04. The monoisotopic (exact) mass is 347 g/mol. The Balaban J connectivity index is 2.03. The molecule has 0 saturated carbocycles. The molecule has 0 heterocycles. The molecule has 0 aliphatic heterocycles. The van der Waals surface area contributed by atoms with E-state index in [0.29, 0.717) is 27.8 Å². The Hall–Kier alpha value is -2.73. The SMILES string of the molecule is COc1cc(Cl)c(C=NNC(=O)Nc2ccccc2C)cc1OC. The van der Waals surface area contributed by atoms with Crippen LogP contribution in [0.2, 0.25) is 5.02 Å². The number of benzene rings is 2. The number of hydrogen-bond acceptors (Lipinski definition) is 4. The zero-order valence-electron chi connectivity index (χ0n) is 13.6. The standard InChI is InChI=1S/C17H18ClN3O3/c1-11-6-4-5-7-14(11)20-17(22)21-19-10-12-8-15(23-2)16(24-3)9-13(12)18/h4-10H,1-3H3,(H2,20,21,22). The van der Waals surface area contributed by atoms with E-state index in [-0.39, 0.29) is 0 Å². The number of nitrogens with one attached hydrogen (secondary N) is 2. The van der Waals surface area contributed by atoms with Gasteiger partial charge in [-0.2, -0.15) is 5.10 Å². The van der Waals surface area contributed by atoms with Crippen molar-refractivity contribution in [2.24, 2.45) is 5.10 Å². The van der Waals surface area contributed by atoms with E-state index in [1.807, 2.05) is 31.2 Å². The largest absolute Gasteiger partial charge is 0.493 e. The molecule has 2 aromatic rings. The summed E-state index contributed by atoms with van der Waals surface area (Å²) in [7, 11) is 3.06. The highest BCUT2D eigenvalue weighted by atomic mass is 35.5. The average Bonchev–Trinajstić information content (AvgIpc) is 2.58. The van der Waals surface area contributed by atoms with Crippen LogP contribution in [0.4, 0.5) is 10.5 Å². The number of carbonyl (C=O) groups excluding carboxylic acids is 1. The maximum absolute atomic E-state index is 11.8. The number of amides is 2. The van der Waals surface area contributed by atoms with Gasteiger partial charge in [-0.3, -0.25) is 0 Å². The summed E-state index contributed by atoms with van der Waals surface area (Å²) in [6, 6.07) is 10.3. The van der Waals surface area contributed by atoms with Crippen molar-refractivity contribution in [3.05, 3.63) is 52.5 Å². The van der Waals surface area contributed by atoms with E-state index in [4.69, 9.17) is 21.1 Å². The predicted octanol–water partition coefficient (Wildman–Crippen LogP) is 3.82. The maximum atomic E-state index is 11.8. The molecule has 24 heavy (non-hydrogen) atoms. The first-order valence-corrected chi connectivity index (χ1v) is 7.50. The van der Waals surface area contributed by atoms with Gasteiger partial charge in [0.15, 0.2) is 11.5 Å². The second-order valence-electron chi connectivity index (χ2n) is 4.87. The van der Waals surface area contributed by atoms with Crippen LogP contribution in [0.3, 0.4) is 0 Å². The Labute approximate surface area is 145 Å². The van der Waals surface area contributed by atoms with Gasteiger partial charge >= 0.3 is 6.03 Å². The van der Waals surface area contributed by atoms with Gasteiger partial charge in [-0.1, -0.05) is 29.8 Å². The molecule has 0 radical (unpaired) electrons. The lowest BCUT2D eigenvalue weighted by atomic mass is 10.2. The van der Waals surface area contributed by atoms with E-state index in [1.165, 1.54) is 20.4 Å². The summed E-state index contributed by atoms with van der Waals surface area (Å²) in [6.07, 6.45) is 1.43. The zero-order valence-corrected chi connectivity index (χ0v) is 14.3. The van der Waals surface area contributed by atoms with Gasteiger partial charge in [0, 0.05) is 17.3 Å². The molecule has 0 aromatic heterocycles. The highest BCUT2D eigenvalue weighted by Gasteiger charge is 2.08. The van der Waals surface area contributed by atoms with Crippen molar-refractivity contribution in [3.63, 3.8) is 0 Å². The molecule has 2 amide bonds. The minimum Gasteiger partial charge on any atom is -0.493 e. The minimum atomic E-state index is -0.447. The number of hydrogen-bond donors (Lipinski definition) is 2. The number of urea groups is 1. The molecule has 0 saturated heterocycles. The van der Waals surface area contributed by atoms with E-state index < -0.39 is 6.03 Å². The highest BCUT2D eigenvalue weighted by molar-refractivity contribution is 6.33. The van der Waals surface area contributed by atoms with Crippen molar-refractivity contribution >= 4 is 29.5 Å². The summed E-state index contributed by atoms with van der Waals surface area (Å²) in [5, 5.41) is 7.03. The van der Waals surface area contributed by atoms with Gasteiger partial charge in [0.1, 0.15) is 0 Å². The molecule has 0 aliphatic carbocycles. The summed E-state index contributed by atoms with van der Waals surface area (Å²) in [4.78, 5) is 11.8. The molecule has 0 spiro atoms. The van der Waals surface area contributed by atoms with Crippen LogP contribution in [0.25, 0.3) is 0 Å². The Bertz CT molecular complexity index is 763. The fraction of sp³-hybridized carbons (Fsp3) is 0.176. The first-order chi connectivity index (χ1) is 11.5. The Morgan fingerprint density at radius 2 is 1.83 bits per heavy atom. The smallest absolute Gasteiger partial charge is 0.339 e. The van der Waals surface area contributed by atoms with Crippen LogP contribution in [0.5, 0.6) is 11.5 Å². The van der Waals surface area contributed by atoms with Gasteiger partial charge in [0.2, 0.25) is 0 Å². The Kier molecular flexibility index (Phi) is 6.03. The molecular weight excluding hydrogens is 330 g/mol. The fourth-order valence-corrected chi connectivity index (χ4v) is 2.20. The van der Waals surface area contributed by atoms with Crippen molar-refractivity contribution < 1.29 is 14.3 Å². The van der Waals surface area contributed by atoms with E-state index in [0.717, 1.165) is 5.56 Å². The number of anilines is 1. The first kappa shape index (κ1) is 17.6. The molecule has 2 N–H and O–H groups in total. The summed E-state index contributed by atoms with van der Waals surface area (Å²) in [5.41, 5.74) is 4.65. The van der Waals surface area contributed by atoms with Crippen LogP contribution < -0.4 is 20.2 Å². The molecule has 6 nitrogen and oxygen atoms in total. The van der Waals surface area contributed by atoms with Gasteiger partial charge in [-0.15, -0.1) is 0 Å². The van der Waals surface area contributed by atoms with Crippen LogP contribution in [0, 0.1) is 6.92 Å². The topological polar surface area (TPSA) is 72.0 Å². The van der Waals surface area contributed by atoms with Crippen molar-refractivity contribution in [3.8, 4) is 11.5 Å². The van der Waals surface area contributed by atoms with Crippen molar-refractivity contribution in [1.29, 1.82) is 0 Å². The number of rotatable bonds is 5. The molecule has 7 heteroatoms. The summed E-state index contributed by atoms with van der Waals surface area (Å²) >= 11 is 6.15. The lowest BCUT2D eigenvalue weighted by Crippen LogP contribution is -2.24. The minimum absolute atomic E-state index is 0.428.